The van der Waals surface area contributed by atoms with Gasteiger partial charge in [-0.05, 0) is 31.6 Å². The molecule has 8 heteroatoms. The third kappa shape index (κ3) is 5.13. The van der Waals surface area contributed by atoms with Crippen LogP contribution in [0.15, 0.2) is 25.3 Å². The van der Waals surface area contributed by atoms with Crippen LogP contribution in [0.1, 0.15) is 65.7 Å². The van der Waals surface area contributed by atoms with Crippen molar-refractivity contribution in [2.24, 2.45) is 17.8 Å². The summed E-state index contributed by atoms with van der Waals surface area (Å²) in [6.45, 7) is 14.7. The van der Waals surface area contributed by atoms with Crippen molar-refractivity contribution >= 4 is 29.5 Å². The number of aliphatic hydroxyl groups is 1. The zero-order valence-corrected chi connectivity index (χ0v) is 23.0. The number of amides is 2. The molecule has 0 saturated carbocycles. The second-order valence-corrected chi connectivity index (χ2v) is 12.1. The van der Waals surface area contributed by atoms with Crippen LogP contribution in [-0.2, 0) is 19.1 Å². The van der Waals surface area contributed by atoms with E-state index >= 15 is 0 Å². The lowest BCUT2D eigenvalue weighted by Gasteiger charge is -2.41. The molecule has 2 unspecified atom stereocenters. The summed E-state index contributed by atoms with van der Waals surface area (Å²) in [7, 11) is 0. The minimum Gasteiger partial charge on any atom is -0.465 e. The SMILES string of the molecule is C=CCCOC(=O)[C@@H]1[C@H]2C(=O)N([C@@H](CO)[C@@H](C)CC)C(C(=O)N(CC=C)CCCCC)C23CC[C@H]1S3. The van der Waals surface area contributed by atoms with E-state index in [4.69, 9.17) is 4.74 Å². The third-order valence-corrected chi connectivity index (χ3v) is 10.3. The van der Waals surface area contributed by atoms with Crippen molar-refractivity contribution in [1.82, 2.24) is 9.80 Å². The van der Waals surface area contributed by atoms with Gasteiger partial charge in [0, 0.05) is 18.3 Å². The number of carbonyl (C=O) groups excluding carboxylic acids is 3. The Morgan fingerprint density at radius 2 is 2.06 bits per heavy atom. The molecule has 0 aliphatic carbocycles. The number of thioether (sulfide) groups is 1. The third-order valence-electron chi connectivity index (χ3n) is 8.35. The lowest BCUT2D eigenvalue weighted by atomic mass is 9.71. The van der Waals surface area contributed by atoms with Crippen LogP contribution < -0.4 is 0 Å². The fraction of sp³-hybridized carbons (Fsp3) is 0.750. The van der Waals surface area contributed by atoms with Crippen LogP contribution in [0.5, 0.6) is 0 Å². The van der Waals surface area contributed by atoms with E-state index in [-0.39, 0.29) is 42.2 Å². The summed E-state index contributed by atoms with van der Waals surface area (Å²) in [5.74, 6) is -1.77. The van der Waals surface area contributed by atoms with Gasteiger partial charge in [0.25, 0.3) is 0 Å². The van der Waals surface area contributed by atoms with E-state index in [9.17, 15) is 19.5 Å². The number of carbonyl (C=O) groups is 3. The molecule has 0 aromatic rings. The van der Waals surface area contributed by atoms with Crippen molar-refractivity contribution in [2.45, 2.75) is 87.8 Å². The number of rotatable bonds is 15. The summed E-state index contributed by atoms with van der Waals surface area (Å²) in [4.78, 5) is 45.2. The predicted octanol–water partition coefficient (Wildman–Crippen LogP) is 3.81. The number of hydrogen-bond donors (Lipinski definition) is 1. The van der Waals surface area contributed by atoms with Crippen molar-refractivity contribution < 1.29 is 24.2 Å². The molecule has 7 nitrogen and oxygen atoms in total. The molecule has 3 aliphatic rings. The van der Waals surface area contributed by atoms with Gasteiger partial charge < -0.3 is 19.6 Å². The largest absolute Gasteiger partial charge is 0.465 e. The first-order valence-electron chi connectivity index (χ1n) is 13.6. The van der Waals surface area contributed by atoms with Crippen molar-refractivity contribution in [1.29, 1.82) is 0 Å². The van der Waals surface area contributed by atoms with Gasteiger partial charge in [-0.25, -0.2) is 0 Å². The van der Waals surface area contributed by atoms with Crippen LogP contribution in [0.25, 0.3) is 0 Å². The zero-order valence-electron chi connectivity index (χ0n) is 22.2. The van der Waals surface area contributed by atoms with Crippen LogP contribution in [0.4, 0.5) is 0 Å². The summed E-state index contributed by atoms with van der Waals surface area (Å²) < 4.78 is 4.88. The van der Waals surface area contributed by atoms with Crippen molar-refractivity contribution in [3.8, 4) is 0 Å². The number of aliphatic hydroxyl groups excluding tert-OH is 1. The quantitative estimate of drug-likeness (QED) is 0.201. The number of unbranched alkanes of at least 4 members (excludes halogenated alkanes) is 2. The van der Waals surface area contributed by atoms with Crippen molar-refractivity contribution in [2.75, 3.05) is 26.3 Å². The molecule has 1 spiro atoms. The average molecular weight is 521 g/mol. The average Bonchev–Trinajstić information content (AvgIpc) is 3.51. The molecular formula is C28H44N2O5S. The first kappa shape index (κ1) is 28.8. The summed E-state index contributed by atoms with van der Waals surface area (Å²) in [5, 5.41) is 10.4. The number of nitrogens with zero attached hydrogens (tertiary/aromatic N) is 2. The Balaban J connectivity index is 2.02. The minimum atomic E-state index is -0.705. The Kier molecular flexibility index (Phi) is 10.1. The molecule has 36 heavy (non-hydrogen) atoms. The first-order valence-corrected chi connectivity index (χ1v) is 14.5. The van der Waals surface area contributed by atoms with Crippen molar-refractivity contribution in [3.05, 3.63) is 25.3 Å². The van der Waals surface area contributed by atoms with Gasteiger partial charge in [-0.1, -0.05) is 52.2 Å². The smallest absolute Gasteiger partial charge is 0.310 e. The van der Waals surface area contributed by atoms with Gasteiger partial charge in [-0.2, -0.15) is 0 Å². The molecule has 3 aliphatic heterocycles. The maximum atomic E-state index is 14.3. The van der Waals surface area contributed by atoms with Gasteiger partial charge in [0.15, 0.2) is 0 Å². The van der Waals surface area contributed by atoms with Crippen LogP contribution in [0.3, 0.4) is 0 Å². The number of esters is 1. The molecular weight excluding hydrogens is 476 g/mol. The Bertz CT molecular complexity index is 835. The van der Waals surface area contributed by atoms with Gasteiger partial charge in [0.2, 0.25) is 11.8 Å². The maximum Gasteiger partial charge on any atom is 0.310 e. The molecule has 3 saturated heterocycles. The molecule has 0 aromatic carbocycles. The van der Waals surface area contributed by atoms with Gasteiger partial charge in [-0.15, -0.1) is 24.9 Å². The fourth-order valence-corrected chi connectivity index (χ4v) is 8.51. The second kappa shape index (κ2) is 12.6. The number of hydrogen-bond acceptors (Lipinski definition) is 6. The van der Waals surface area contributed by atoms with Gasteiger partial charge in [0.1, 0.15) is 6.04 Å². The zero-order chi connectivity index (χ0) is 26.5. The first-order chi connectivity index (χ1) is 17.3. The number of fused-ring (bicyclic) bond motifs is 1. The summed E-state index contributed by atoms with van der Waals surface area (Å²) in [6, 6.07) is -1.18. The molecule has 3 rings (SSSR count). The predicted molar refractivity (Wildman–Crippen MR) is 143 cm³/mol. The van der Waals surface area contributed by atoms with E-state index in [1.54, 1.807) is 28.8 Å². The van der Waals surface area contributed by atoms with Crippen LogP contribution in [-0.4, -0.2) is 81.1 Å². The minimum absolute atomic E-state index is 0.0117. The monoisotopic (exact) mass is 520 g/mol. The van der Waals surface area contributed by atoms with Crippen molar-refractivity contribution in [3.63, 3.8) is 0 Å². The summed E-state index contributed by atoms with van der Waals surface area (Å²) in [5.41, 5.74) is 0. The Labute approximate surface area is 220 Å². The number of likely N-dealkylation sites (tertiary alicyclic amines) is 1. The van der Waals surface area contributed by atoms with E-state index in [0.29, 0.717) is 25.9 Å². The van der Waals surface area contributed by atoms with E-state index in [0.717, 1.165) is 32.1 Å². The lowest BCUT2D eigenvalue weighted by molar-refractivity contribution is -0.154. The van der Waals surface area contributed by atoms with E-state index in [2.05, 4.69) is 20.1 Å². The molecule has 2 amide bonds. The maximum absolute atomic E-state index is 14.3. The molecule has 3 heterocycles. The fourth-order valence-electron chi connectivity index (χ4n) is 6.32. The molecule has 7 atom stereocenters. The second-order valence-electron chi connectivity index (χ2n) is 10.5. The van der Waals surface area contributed by atoms with Crippen LogP contribution in [0, 0.1) is 17.8 Å². The highest BCUT2D eigenvalue weighted by atomic mass is 32.2. The standard InChI is InChI=1S/C28H44N2O5S/c1-6-10-12-16-29(15-8-3)26(33)24-28-14-13-21(36-28)22(27(34)35-17-11-7-2)23(28)25(32)30(24)20(18-31)19(5)9-4/h7-8,19-24,31H,2-3,6,9-18H2,1,4-5H3/t19-,20-,21+,22-,23-,24?,28?/m0/s1. The Hall–Kier alpha value is -1.80. The molecule has 3 fully saturated rings. The Morgan fingerprint density at radius 3 is 2.67 bits per heavy atom. The number of ether oxygens (including phenoxy) is 1. The molecule has 202 valence electrons. The van der Waals surface area contributed by atoms with Gasteiger partial charge in [-0.3, -0.25) is 14.4 Å². The molecule has 0 radical (unpaired) electrons. The molecule has 2 bridgehead atoms. The van der Waals surface area contributed by atoms with Crippen LogP contribution in [0.2, 0.25) is 0 Å². The summed E-state index contributed by atoms with van der Waals surface area (Å²) in [6.07, 6.45) is 9.19. The summed E-state index contributed by atoms with van der Waals surface area (Å²) >= 11 is 1.64. The Morgan fingerprint density at radius 1 is 1.31 bits per heavy atom. The normalized spacial score (nSPS) is 30.1. The van der Waals surface area contributed by atoms with E-state index in [1.165, 1.54) is 0 Å². The van der Waals surface area contributed by atoms with E-state index < -0.39 is 28.7 Å². The highest BCUT2D eigenvalue weighted by Gasteiger charge is 2.75. The van der Waals surface area contributed by atoms with Gasteiger partial charge >= 0.3 is 5.97 Å². The highest BCUT2D eigenvalue weighted by Crippen LogP contribution is 2.67. The topological polar surface area (TPSA) is 87.1 Å². The molecule has 1 N–H and O–H groups in total. The lowest BCUT2D eigenvalue weighted by Crippen LogP contribution is -2.58. The highest BCUT2D eigenvalue weighted by molar-refractivity contribution is 8.02. The van der Waals surface area contributed by atoms with Gasteiger partial charge in [0.05, 0.1) is 35.8 Å². The van der Waals surface area contributed by atoms with E-state index in [1.807, 2.05) is 18.7 Å². The molecule has 0 aromatic heterocycles. The van der Waals surface area contributed by atoms with Crippen LogP contribution >= 0.6 is 11.8 Å².